The van der Waals surface area contributed by atoms with Crippen LogP contribution in [0.3, 0.4) is 0 Å². The molecule has 2 aliphatic heterocycles. The molecule has 4 nitrogen and oxygen atoms in total. The predicted octanol–water partition coefficient (Wildman–Crippen LogP) is 4.32. The number of piperidine rings is 1. The number of imidazole rings is 1. The molecule has 27 heavy (non-hydrogen) atoms. The van der Waals surface area contributed by atoms with Gasteiger partial charge >= 0.3 is 0 Å². The van der Waals surface area contributed by atoms with Gasteiger partial charge in [-0.05, 0) is 53.8 Å². The molecule has 1 saturated heterocycles. The SMILES string of the molecule is c1cn2cc(-c3ccc4c(c3)CC3(CCN(C5CCC5)CC3)O4)ccc2n1. The fourth-order valence-electron chi connectivity index (χ4n) is 5.03. The van der Waals surface area contributed by atoms with Gasteiger partial charge in [0.15, 0.2) is 0 Å². The van der Waals surface area contributed by atoms with Crippen LogP contribution in [-0.2, 0) is 6.42 Å². The first-order chi connectivity index (χ1) is 13.3. The van der Waals surface area contributed by atoms with Crippen LogP contribution in [0.25, 0.3) is 16.8 Å². The van der Waals surface area contributed by atoms with Gasteiger partial charge in [0.05, 0.1) is 0 Å². The van der Waals surface area contributed by atoms with Crippen LogP contribution in [0.2, 0.25) is 0 Å². The second-order valence-corrected chi connectivity index (χ2v) is 8.52. The monoisotopic (exact) mass is 359 g/mol. The minimum absolute atomic E-state index is 0.0372. The highest BCUT2D eigenvalue weighted by Crippen LogP contribution is 2.43. The Kier molecular flexibility index (Phi) is 3.39. The van der Waals surface area contributed by atoms with E-state index in [1.165, 1.54) is 49.0 Å². The Bertz CT molecular complexity index is 996. The first-order valence-corrected chi connectivity index (χ1v) is 10.3. The quantitative estimate of drug-likeness (QED) is 0.682. The van der Waals surface area contributed by atoms with Gasteiger partial charge in [0.2, 0.25) is 0 Å². The van der Waals surface area contributed by atoms with Crippen LogP contribution in [0.1, 0.15) is 37.7 Å². The Morgan fingerprint density at radius 2 is 1.89 bits per heavy atom. The van der Waals surface area contributed by atoms with Crippen molar-refractivity contribution in [3.8, 4) is 16.9 Å². The Morgan fingerprint density at radius 1 is 1.04 bits per heavy atom. The molecule has 2 fully saturated rings. The van der Waals surface area contributed by atoms with Gasteiger partial charge in [-0.15, -0.1) is 0 Å². The molecule has 4 heteroatoms. The van der Waals surface area contributed by atoms with E-state index in [4.69, 9.17) is 4.74 Å². The number of benzene rings is 1. The van der Waals surface area contributed by atoms with E-state index in [0.717, 1.165) is 36.7 Å². The first kappa shape index (κ1) is 15.7. The summed E-state index contributed by atoms with van der Waals surface area (Å²) in [5.74, 6) is 1.10. The summed E-state index contributed by atoms with van der Waals surface area (Å²) >= 11 is 0. The third kappa shape index (κ3) is 2.58. The topological polar surface area (TPSA) is 29.8 Å². The number of pyridine rings is 1. The van der Waals surface area contributed by atoms with Crippen molar-refractivity contribution in [2.24, 2.45) is 0 Å². The first-order valence-electron chi connectivity index (χ1n) is 10.3. The molecule has 0 bridgehead atoms. The number of ether oxygens (including phenoxy) is 1. The lowest BCUT2D eigenvalue weighted by Gasteiger charge is -2.45. The Labute approximate surface area is 159 Å². The molecule has 6 rings (SSSR count). The van der Waals surface area contributed by atoms with E-state index in [2.05, 4.69) is 50.8 Å². The van der Waals surface area contributed by atoms with Gasteiger partial charge in [-0.3, -0.25) is 0 Å². The molecule has 3 aliphatic rings. The van der Waals surface area contributed by atoms with Gasteiger partial charge in [-0.25, -0.2) is 4.98 Å². The Morgan fingerprint density at radius 3 is 2.70 bits per heavy atom. The molecule has 1 spiro atoms. The second kappa shape index (κ2) is 5.83. The van der Waals surface area contributed by atoms with E-state index in [0.29, 0.717) is 0 Å². The van der Waals surface area contributed by atoms with Crippen LogP contribution in [0.15, 0.2) is 48.9 Å². The number of nitrogens with zero attached hydrogens (tertiary/aromatic N) is 3. The number of fused-ring (bicyclic) bond motifs is 2. The fraction of sp³-hybridized carbons (Fsp3) is 0.435. The maximum atomic E-state index is 6.52. The summed E-state index contributed by atoms with van der Waals surface area (Å²) in [4.78, 5) is 7.04. The van der Waals surface area contributed by atoms with E-state index in [1.807, 2.05) is 12.4 Å². The van der Waals surface area contributed by atoms with Crippen molar-refractivity contribution in [3.05, 3.63) is 54.5 Å². The summed E-state index contributed by atoms with van der Waals surface area (Å²) in [5.41, 5.74) is 4.88. The fourth-order valence-corrected chi connectivity index (χ4v) is 5.03. The number of aromatic nitrogens is 2. The minimum Gasteiger partial charge on any atom is -0.487 e. The highest BCUT2D eigenvalue weighted by atomic mass is 16.5. The van der Waals surface area contributed by atoms with Crippen molar-refractivity contribution in [1.29, 1.82) is 0 Å². The van der Waals surface area contributed by atoms with E-state index in [9.17, 15) is 0 Å². The lowest BCUT2D eigenvalue weighted by atomic mass is 9.83. The van der Waals surface area contributed by atoms with Gasteiger partial charge in [0.1, 0.15) is 17.0 Å². The summed E-state index contributed by atoms with van der Waals surface area (Å²) < 4.78 is 8.60. The molecule has 0 radical (unpaired) electrons. The third-order valence-corrected chi connectivity index (χ3v) is 6.92. The molecule has 0 amide bonds. The Hall–Kier alpha value is -2.33. The summed E-state index contributed by atoms with van der Waals surface area (Å²) in [7, 11) is 0. The maximum Gasteiger partial charge on any atom is 0.136 e. The van der Waals surface area contributed by atoms with E-state index < -0.39 is 0 Å². The van der Waals surface area contributed by atoms with Crippen LogP contribution < -0.4 is 4.74 Å². The van der Waals surface area contributed by atoms with Crippen LogP contribution in [0.5, 0.6) is 5.75 Å². The van der Waals surface area contributed by atoms with Gasteiger partial charge in [0.25, 0.3) is 0 Å². The molecule has 3 aromatic rings. The van der Waals surface area contributed by atoms with Crippen LogP contribution in [0, 0.1) is 0 Å². The van der Waals surface area contributed by atoms with E-state index in [1.54, 1.807) is 0 Å². The average Bonchev–Trinajstić information content (AvgIpc) is 3.25. The highest BCUT2D eigenvalue weighted by Gasteiger charge is 2.43. The number of hydrogen-bond donors (Lipinski definition) is 0. The van der Waals surface area contributed by atoms with Gasteiger partial charge in [0, 0.05) is 57.0 Å². The summed E-state index contributed by atoms with van der Waals surface area (Å²) in [6.07, 6.45) is 13.6. The summed E-state index contributed by atoms with van der Waals surface area (Å²) in [5, 5.41) is 0. The lowest BCUT2D eigenvalue weighted by Crippen LogP contribution is -2.52. The molecule has 0 N–H and O–H groups in total. The summed E-state index contributed by atoms with van der Waals surface area (Å²) in [6, 6.07) is 11.8. The molecule has 4 heterocycles. The number of rotatable bonds is 2. The van der Waals surface area contributed by atoms with Crippen molar-refractivity contribution < 1.29 is 4.74 Å². The Balaban J connectivity index is 1.24. The molecule has 1 aromatic carbocycles. The third-order valence-electron chi connectivity index (χ3n) is 6.92. The zero-order chi connectivity index (χ0) is 17.8. The van der Waals surface area contributed by atoms with Gasteiger partial charge in [-0.2, -0.15) is 0 Å². The molecule has 0 unspecified atom stereocenters. The average molecular weight is 359 g/mol. The number of likely N-dealkylation sites (tertiary alicyclic amines) is 1. The van der Waals surface area contributed by atoms with Crippen molar-refractivity contribution in [1.82, 2.24) is 14.3 Å². The molecule has 1 saturated carbocycles. The van der Waals surface area contributed by atoms with Crippen molar-refractivity contribution >= 4 is 5.65 Å². The molecule has 0 atom stereocenters. The molecular weight excluding hydrogens is 334 g/mol. The smallest absolute Gasteiger partial charge is 0.136 e. The van der Waals surface area contributed by atoms with Crippen LogP contribution in [0.4, 0.5) is 0 Å². The zero-order valence-electron chi connectivity index (χ0n) is 15.6. The maximum absolute atomic E-state index is 6.52. The molecular formula is C23H25N3O. The van der Waals surface area contributed by atoms with Crippen molar-refractivity contribution in [2.75, 3.05) is 13.1 Å². The van der Waals surface area contributed by atoms with E-state index in [-0.39, 0.29) is 5.60 Å². The van der Waals surface area contributed by atoms with Gasteiger partial charge in [-0.1, -0.05) is 12.5 Å². The standard InChI is InChI=1S/C23H25N3O/c1-2-20(3-1)25-11-8-23(9-12-25)15-19-14-17(4-6-21(19)27-23)18-5-7-22-24-10-13-26(22)16-18/h4-7,10,13-14,16,20H,1-3,8-9,11-12,15H2. The predicted molar refractivity (Wildman–Crippen MR) is 106 cm³/mol. The molecule has 2 aromatic heterocycles. The second-order valence-electron chi connectivity index (χ2n) is 8.52. The normalized spacial score (nSPS) is 21.9. The van der Waals surface area contributed by atoms with Crippen molar-refractivity contribution in [3.63, 3.8) is 0 Å². The zero-order valence-corrected chi connectivity index (χ0v) is 15.6. The van der Waals surface area contributed by atoms with Crippen LogP contribution in [-0.4, -0.2) is 39.0 Å². The number of hydrogen-bond acceptors (Lipinski definition) is 3. The van der Waals surface area contributed by atoms with Crippen molar-refractivity contribution in [2.45, 2.75) is 50.2 Å². The lowest BCUT2D eigenvalue weighted by molar-refractivity contribution is -0.00746. The summed E-state index contributed by atoms with van der Waals surface area (Å²) in [6.45, 7) is 2.39. The highest BCUT2D eigenvalue weighted by molar-refractivity contribution is 5.67. The van der Waals surface area contributed by atoms with Crippen LogP contribution >= 0.6 is 0 Å². The largest absolute Gasteiger partial charge is 0.487 e. The minimum atomic E-state index is 0.0372. The van der Waals surface area contributed by atoms with E-state index >= 15 is 0 Å². The molecule has 1 aliphatic carbocycles. The van der Waals surface area contributed by atoms with Gasteiger partial charge < -0.3 is 14.0 Å². The molecule has 138 valence electrons.